The highest BCUT2D eigenvalue weighted by Gasteiger charge is 2.58. The number of carbonyl (C=O) groups is 2. The Morgan fingerprint density at radius 2 is 1.96 bits per heavy atom. The molecule has 2 aliphatic heterocycles. The molecule has 0 spiro atoms. The summed E-state index contributed by atoms with van der Waals surface area (Å²) in [6.07, 6.45) is 3.75. The van der Waals surface area contributed by atoms with Gasteiger partial charge in [0, 0.05) is 38.6 Å². The van der Waals surface area contributed by atoms with Crippen LogP contribution in [0, 0.1) is 23.1 Å². The van der Waals surface area contributed by atoms with Crippen LogP contribution in [-0.2, 0) is 4.79 Å². The van der Waals surface area contributed by atoms with Crippen LogP contribution in [-0.4, -0.2) is 59.5 Å². The van der Waals surface area contributed by atoms with Crippen molar-refractivity contribution in [2.75, 3.05) is 32.7 Å². The zero-order valence-electron chi connectivity index (χ0n) is 14.2. The van der Waals surface area contributed by atoms with Gasteiger partial charge in [0.1, 0.15) is 11.2 Å². The first-order chi connectivity index (χ1) is 12.0. The molecule has 5 nitrogen and oxygen atoms in total. The number of benzene rings is 1. The van der Waals surface area contributed by atoms with E-state index in [0.717, 1.165) is 6.54 Å². The summed E-state index contributed by atoms with van der Waals surface area (Å²) < 4.78 is 13.9. The van der Waals surface area contributed by atoms with Crippen LogP contribution in [0.15, 0.2) is 24.3 Å². The first-order valence-corrected chi connectivity index (χ1v) is 8.99. The van der Waals surface area contributed by atoms with Crippen LogP contribution >= 0.6 is 0 Å². The van der Waals surface area contributed by atoms with E-state index < -0.39 is 23.1 Å². The van der Waals surface area contributed by atoms with Crippen molar-refractivity contribution < 1.29 is 19.1 Å². The number of carboxylic acids is 1. The van der Waals surface area contributed by atoms with Crippen LogP contribution in [0.5, 0.6) is 0 Å². The molecule has 4 rings (SSSR count). The number of amides is 1. The molecule has 2 heterocycles. The number of carbonyl (C=O) groups excluding carboxylic acids is 1. The summed E-state index contributed by atoms with van der Waals surface area (Å²) in [7, 11) is 0. The Balaban J connectivity index is 1.50. The topological polar surface area (TPSA) is 60.9 Å². The number of rotatable bonds is 4. The maximum Gasteiger partial charge on any atom is 0.313 e. The fourth-order valence-electron chi connectivity index (χ4n) is 4.61. The molecule has 2 saturated heterocycles. The third kappa shape index (κ3) is 2.72. The predicted octanol–water partition coefficient (Wildman–Crippen LogP) is 2.08. The number of carboxylic acid groups (broad SMARTS) is 1. The number of hydrogen-bond donors (Lipinski definition) is 1. The molecule has 0 bridgehead atoms. The summed E-state index contributed by atoms with van der Waals surface area (Å²) in [4.78, 5) is 28.5. The molecule has 1 N–H and O–H groups in total. The summed E-state index contributed by atoms with van der Waals surface area (Å²) in [6, 6.07) is 5.89. The molecule has 1 aromatic rings. The quantitative estimate of drug-likeness (QED) is 0.907. The van der Waals surface area contributed by atoms with Gasteiger partial charge in [-0.05, 0) is 30.9 Å². The molecule has 1 unspecified atom stereocenters. The highest BCUT2D eigenvalue weighted by molar-refractivity contribution is 5.95. The van der Waals surface area contributed by atoms with Gasteiger partial charge in [0.25, 0.3) is 5.91 Å². The number of hydrogen-bond acceptors (Lipinski definition) is 3. The van der Waals surface area contributed by atoms with Gasteiger partial charge in [-0.15, -0.1) is 0 Å². The van der Waals surface area contributed by atoms with Crippen LogP contribution < -0.4 is 0 Å². The molecule has 134 valence electrons. The van der Waals surface area contributed by atoms with Crippen molar-refractivity contribution in [2.24, 2.45) is 17.3 Å². The molecule has 1 aromatic carbocycles. The van der Waals surface area contributed by atoms with E-state index in [-0.39, 0.29) is 18.0 Å². The summed E-state index contributed by atoms with van der Waals surface area (Å²) in [5.74, 6) is -1.18. The summed E-state index contributed by atoms with van der Waals surface area (Å²) in [6.45, 7) is 2.73. The average molecular weight is 346 g/mol. The van der Waals surface area contributed by atoms with E-state index in [4.69, 9.17) is 0 Å². The van der Waals surface area contributed by atoms with Gasteiger partial charge < -0.3 is 14.9 Å². The van der Waals surface area contributed by atoms with E-state index in [1.165, 1.54) is 36.3 Å². The fraction of sp³-hybridized carbons (Fsp3) is 0.579. The zero-order chi connectivity index (χ0) is 17.6. The Hall–Kier alpha value is -1.95. The smallest absolute Gasteiger partial charge is 0.313 e. The van der Waals surface area contributed by atoms with Gasteiger partial charge >= 0.3 is 5.97 Å². The maximum atomic E-state index is 13.9. The first-order valence-electron chi connectivity index (χ1n) is 8.99. The van der Waals surface area contributed by atoms with Gasteiger partial charge in [-0.25, -0.2) is 4.39 Å². The summed E-state index contributed by atoms with van der Waals surface area (Å²) in [5.41, 5.74) is -0.890. The van der Waals surface area contributed by atoms with Crippen molar-refractivity contribution >= 4 is 11.9 Å². The van der Waals surface area contributed by atoms with E-state index in [9.17, 15) is 19.1 Å². The molecule has 0 aromatic heterocycles. The number of nitrogens with zero attached hydrogens (tertiary/aromatic N) is 2. The van der Waals surface area contributed by atoms with Gasteiger partial charge in [-0.2, -0.15) is 0 Å². The van der Waals surface area contributed by atoms with Gasteiger partial charge in [-0.1, -0.05) is 18.6 Å². The maximum absolute atomic E-state index is 13.9. The summed E-state index contributed by atoms with van der Waals surface area (Å²) in [5, 5.41) is 9.88. The molecule has 6 heteroatoms. The molecule has 25 heavy (non-hydrogen) atoms. The minimum Gasteiger partial charge on any atom is -0.481 e. The van der Waals surface area contributed by atoms with E-state index >= 15 is 0 Å². The molecule has 1 saturated carbocycles. The van der Waals surface area contributed by atoms with E-state index in [1.54, 1.807) is 12.1 Å². The first kappa shape index (κ1) is 16.5. The number of likely N-dealkylation sites (tertiary alicyclic amines) is 2. The Labute approximate surface area is 146 Å². The number of halogens is 1. The lowest BCUT2D eigenvalue weighted by atomic mass is 9.81. The fourth-order valence-corrected chi connectivity index (χ4v) is 4.61. The van der Waals surface area contributed by atoms with Crippen LogP contribution in [0.25, 0.3) is 0 Å². The largest absolute Gasteiger partial charge is 0.481 e. The van der Waals surface area contributed by atoms with Crippen molar-refractivity contribution in [3.05, 3.63) is 35.6 Å². The Morgan fingerprint density at radius 1 is 1.20 bits per heavy atom. The highest BCUT2D eigenvalue weighted by Crippen LogP contribution is 2.44. The van der Waals surface area contributed by atoms with Crippen molar-refractivity contribution in [2.45, 2.75) is 19.3 Å². The van der Waals surface area contributed by atoms with Crippen molar-refractivity contribution in [3.63, 3.8) is 0 Å². The SMILES string of the molecule is O=C(c1ccccc1F)N1CC2CN(CC3CCC3)C[C@@]2(C(=O)O)C1. The summed E-state index contributed by atoms with van der Waals surface area (Å²) >= 11 is 0. The second-order valence-corrected chi connectivity index (χ2v) is 7.81. The van der Waals surface area contributed by atoms with Crippen molar-refractivity contribution in [3.8, 4) is 0 Å². The lowest BCUT2D eigenvalue weighted by molar-refractivity contribution is -0.148. The van der Waals surface area contributed by atoms with E-state index in [2.05, 4.69) is 4.90 Å². The Kier molecular flexibility index (Phi) is 4.02. The average Bonchev–Trinajstić information content (AvgIpc) is 3.05. The second-order valence-electron chi connectivity index (χ2n) is 7.81. The molecule has 0 radical (unpaired) electrons. The minimum atomic E-state index is -0.912. The Bertz CT molecular complexity index is 706. The van der Waals surface area contributed by atoms with E-state index in [1.807, 2.05) is 0 Å². The monoisotopic (exact) mass is 346 g/mol. The normalized spacial score (nSPS) is 29.5. The van der Waals surface area contributed by atoms with Gasteiger partial charge in [0.2, 0.25) is 0 Å². The van der Waals surface area contributed by atoms with Gasteiger partial charge in [-0.3, -0.25) is 9.59 Å². The second kappa shape index (κ2) is 6.09. The van der Waals surface area contributed by atoms with Crippen molar-refractivity contribution in [1.82, 2.24) is 9.80 Å². The third-order valence-corrected chi connectivity index (χ3v) is 6.24. The molecule has 3 fully saturated rings. The molecule has 2 atom stereocenters. The van der Waals surface area contributed by atoms with Crippen LogP contribution in [0.4, 0.5) is 4.39 Å². The van der Waals surface area contributed by atoms with Crippen molar-refractivity contribution in [1.29, 1.82) is 0 Å². The third-order valence-electron chi connectivity index (χ3n) is 6.24. The molecular formula is C19H23FN2O3. The zero-order valence-corrected chi connectivity index (χ0v) is 14.2. The van der Waals surface area contributed by atoms with E-state index in [0.29, 0.717) is 25.6 Å². The van der Waals surface area contributed by atoms with Gasteiger partial charge in [0.05, 0.1) is 5.56 Å². The Morgan fingerprint density at radius 3 is 2.56 bits per heavy atom. The molecule has 1 aliphatic carbocycles. The molecule has 1 amide bonds. The number of aliphatic carboxylic acids is 1. The van der Waals surface area contributed by atoms with Crippen LogP contribution in [0.1, 0.15) is 29.6 Å². The standard InChI is InChI=1S/C19H23FN2O3/c20-16-7-2-1-6-15(16)17(23)22-10-14-9-21(8-13-4-3-5-13)11-19(14,12-22)18(24)25/h1-2,6-7,13-14H,3-5,8-12H2,(H,24,25)/t14?,19-/m1/s1. The number of fused-ring (bicyclic) bond motifs is 1. The highest BCUT2D eigenvalue weighted by atomic mass is 19.1. The lowest BCUT2D eigenvalue weighted by Crippen LogP contribution is -2.43. The van der Waals surface area contributed by atoms with Crippen LogP contribution in [0.2, 0.25) is 0 Å². The predicted molar refractivity (Wildman–Crippen MR) is 89.6 cm³/mol. The lowest BCUT2D eigenvalue weighted by Gasteiger charge is -2.31. The van der Waals surface area contributed by atoms with Crippen LogP contribution in [0.3, 0.4) is 0 Å². The minimum absolute atomic E-state index is 0.0225. The van der Waals surface area contributed by atoms with Gasteiger partial charge in [0.15, 0.2) is 0 Å². The molecule has 3 aliphatic rings. The molecular weight excluding hydrogens is 323 g/mol.